The van der Waals surface area contributed by atoms with Gasteiger partial charge in [0.25, 0.3) is 5.91 Å². The second-order valence-electron chi connectivity index (χ2n) is 6.42. The van der Waals surface area contributed by atoms with Gasteiger partial charge >= 0.3 is 0 Å². The summed E-state index contributed by atoms with van der Waals surface area (Å²) in [6.07, 6.45) is 1.43. The third-order valence-electron chi connectivity index (χ3n) is 4.67. The average Bonchev–Trinajstić information content (AvgIpc) is 2.92. The molecule has 1 N–H and O–H groups in total. The first-order valence-electron chi connectivity index (χ1n) is 8.43. The average molecular weight is 364 g/mol. The van der Waals surface area contributed by atoms with Crippen molar-refractivity contribution in [2.45, 2.75) is 20.0 Å². The van der Waals surface area contributed by atoms with Gasteiger partial charge in [-0.2, -0.15) is 0 Å². The van der Waals surface area contributed by atoms with E-state index in [4.69, 9.17) is 11.6 Å². The highest BCUT2D eigenvalue weighted by molar-refractivity contribution is 6.31. The van der Waals surface area contributed by atoms with Crippen molar-refractivity contribution in [3.05, 3.63) is 88.1 Å². The summed E-state index contributed by atoms with van der Waals surface area (Å²) >= 11 is 6.27. The SMILES string of the molecule is Cc1ccc(N2C(=O)c3ccccc3[C@@H]2Nc2cccc(Cl)c2C)nc1. The number of nitrogens with zero attached hydrogens (tertiary/aromatic N) is 2. The van der Waals surface area contributed by atoms with Crippen LogP contribution in [0.4, 0.5) is 11.5 Å². The summed E-state index contributed by atoms with van der Waals surface area (Å²) in [6, 6.07) is 17.2. The molecule has 3 aromatic rings. The molecule has 5 heteroatoms. The third kappa shape index (κ3) is 2.72. The fourth-order valence-electron chi connectivity index (χ4n) is 3.21. The topological polar surface area (TPSA) is 45.2 Å². The standard InChI is InChI=1S/C21H18ClN3O/c1-13-10-11-19(23-12-13)25-20(15-6-3-4-7-16(15)21(25)26)24-18-9-5-8-17(22)14(18)2/h3-12,20,24H,1-2H3/t20-/m1/s1. The summed E-state index contributed by atoms with van der Waals surface area (Å²) < 4.78 is 0. The number of halogens is 1. The van der Waals surface area contributed by atoms with Crippen LogP contribution in [0.3, 0.4) is 0 Å². The van der Waals surface area contributed by atoms with Crippen molar-refractivity contribution in [1.82, 2.24) is 4.98 Å². The number of fused-ring (bicyclic) bond motifs is 1. The minimum Gasteiger partial charge on any atom is -0.361 e. The number of hydrogen-bond acceptors (Lipinski definition) is 3. The minimum atomic E-state index is -0.342. The van der Waals surface area contributed by atoms with Crippen LogP contribution in [0, 0.1) is 13.8 Å². The number of benzene rings is 2. The van der Waals surface area contributed by atoms with E-state index in [0.717, 1.165) is 22.4 Å². The maximum Gasteiger partial charge on any atom is 0.261 e. The molecule has 0 spiro atoms. The molecule has 130 valence electrons. The first kappa shape index (κ1) is 16.6. The quantitative estimate of drug-likeness (QED) is 0.702. The summed E-state index contributed by atoms with van der Waals surface area (Å²) in [5.41, 5.74) is 4.51. The normalized spacial score (nSPS) is 15.9. The Bertz CT molecular complexity index is 985. The molecule has 4 rings (SSSR count). The number of pyridine rings is 1. The van der Waals surface area contributed by atoms with Gasteiger partial charge in [-0.05, 0) is 49.2 Å². The second kappa shape index (κ2) is 6.46. The smallest absolute Gasteiger partial charge is 0.261 e. The molecule has 0 fully saturated rings. The number of amides is 1. The van der Waals surface area contributed by atoms with Gasteiger partial charge < -0.3 is 5.32 Å². The van der Waals surface area contributed by atoms with Gasteiger partial charge in [0.1, 0.15) is 12.0 Å². The Morgan fingerprint density at radius 3 is 2.62 bits per heavy atom. The summed E-state index contributed by atoms with van der Waals surface area (Å²) in [5.74, 6) is 0.558. The fourth-order valence-corrected chi connectivity index (χ4v) is 3.38. The molecule has 0 unspecified atom stereocenters. The highest BCUT2D eigenvalue weighted by Crippen LogP contribution is 2.38. The number of aromatic nitrogens is 1. The molecule has 1 amide bonds. The first-order chi connectivity index (χ1) is 12.6. The largest absolute Gasteiger partial charge is 0.361 e. The van der Waals surface area contributed by atoms with E-state index in [1.807, 2.05) is 68.4 Å². The fraction of sp³-hybridized carbons (Fsp3) is 0.143. The van der Waals surface area contributed by atoms with Gasteiger partial charge in [-0.15, -0.1) is 0 Å². The molecule has 1 aromatic heterocycles. The molecule has 0 saturated heterocycles. The van der Waals surface area contributed by atoms with Crippen molar-refractivity contribution in [2.75, 3.05) is 10.2 Å². The lowest BCUT2D eigenvalue weighted by atomic mass is 10.1. The number of anilines is 2. The Kier molecular flexibility index (Phi) is 4.13. The van der Waals surface area contributed by atoms with Crippen molar-refractivity contribution in [3.8, 4) is 0 Å². The summed E-state index contributed by atoms with van der Waals surface area (Å²) in [7, 11) is 0. The van der Waals surface area contributed by atoms with Crippen molar-refractivity contribution >= 4 is 29.0 Å². The van der Waals surface area contributed by atoms with E-state index < -0.39 is 0 Å². The van der Waals surface area contributed by atoms with Crippen LogP contribution in [0.1, 0.15) is 33.2 Å². The number of hydrogen-bond donors (Lipinski definition) is 1. The molecular formula is C21H18ClN3O. The van der Waals surface area contributed by atoms with Crippen LogP contribution in [-0.2, 0) is 0 Å². The van der Waals surface area contributed by atoms with Crippen molar-refractivity contribution in [1.29, 1.82) is 0 Å². The molecule has 2 aromatic carbocycles. The van der Waals surface area contributed by atoms with Gasteiger partial charge in [0.15, 0.2) is 0 Å². The number of carbonyl (C=O) groups excluding carboxylic acids is 1. The Morgan fingerprint density at radius 1 is 1.04 bits per heavy atom. The highest BCUT2D eigenvalue weighted by Gasteiger charge is 2.38. The maximum atomic E-state index is 13.1. The van der Waals surface area contributed by atoms with E-state index >= 15 is 0 Å². The lowest BCUT2D eigenvalue weighted by Gasteiger charge is -2.27. The van der Waals surface area contributed by atoms with Crippen LogP contribution < -0.4 is 10.2 Å². The summed E-state index contributed by atoms with van der Waals surface area (Å²) in [6.45, 7) is 3.93. The van der Waals surface area contributed by atoms with Crippen LogP contribution in [0.25, 0.3) is 0 Å². The number of carbonyl (C=O) groups is 1. The minimum absolute atomic E-state index is 0.0610. The summed E-state index contributed by atoms with van der Waals surface area (Å²) in [4.78, 5) is 19.2. The van der Waals surface area contributed by atoms with Gasteiger partial charge in [-0.3, -0.25) is 9.69 Å². The van der Waals surface area contributed by atoms with Crippen molar-refractivity contribution in [2.24, 2.45) is 0 Å². The molecule has 2 heterocycles. The predicted octanol–water partition coefficient (Wildman–Crippen LogP) is 5.12. The monoisotopic (exact) mass is 363 g/mol. The Morgan fingerprint density at radius 2 is 1.85 bits per heavy atom. The summed E-state index contributed by atoms with van der Waals surface area (Å²) in [5, 5.41) is 4.17. The highest BCUT2D eigenvalue weighted by atomic mass is 35.5. The van der Waals surface area contributed by atoms with Gasteiger partial charge in [0, 0.05) is 28.0 Å². The third-order valence-corrected chi connectivity index (χ3v) is 5.07. The van der Waals surface area contributed by atoms with E-state index in [9.17, 15) is 4.79 Å². The zero-order valence-electron chi connectivity index (χ0n) is 14.5. The van der Waals surface area contributed by atoms with Crippen molar-refractivity contribution < 1.29 is 4.79 Å². The zero-order valence-corrected chi connectivity index (χ0v) is 15.3. The molecule has 1 aliphatic rings. The molecular weight excluding hydrogens is 346 g/mol. The molecule has 0 radical (unpaired) electrons. The Balaban J connectivity index is 1.81. The van der Waals surface area contributed by atoms with Gasteiger partial charge in [-0.1, -0.05) is 41.9 Å². The number of aryl methyl sites for hydroxylation is 1. The van der Waals surface area contributed by atoms with E-state index in [1.165, 1.54) is 0 Å². The lowest BCUT2D eigenvalue weighted by molar-refractivity contribution is 0.0992. The molecule has 0 aliphatic carbocycles. The molecule has 0 bridgehead atoms. The van der Waals surface area contributed by atoms with Gasteiger partial charge in [0.2, 0.25) is 0 Å². The Labute approximate surface area is 157 Å². The van der Waals surface area contributed by atoms with Crippen molar-refractivity contribution in [3.63, 3.8) is 0 Å². The Hall–Kier alpha value is -2.85. The molecule has 4 nitrogen and oxygen atoms in total. The van der Waals surface area contributed by atoms with E-state index in [2.05, 4.69) is 10.3 Å². The molecule has 0 saturated carbocycles. The predicted molar refractivity (Wildman–Crippen MR) is 105 cm³/mol. The number of nitrogens with one attached hydrogen (secondary N) is 1. The van der Waals surface area contributed by atoms with E-state index in [0.29, 0.717) is 16.4 Å². The van der Waals surface area contributed by atoms with E-state index in [-0.39, 0.29) is 12.1 Å². The molecule has 1 atom stereocenters. The van der Waals surface area contributed by atoms with Crippen LogP contribution in [0.15, 0.2) is 60.8 Å². The van der Waals surface area contributed by atoms with E-state index in [1.54, 1.807) is 11.1 Å². The molecule has 26 heavy (non-hydrogen) atoms. The lowest BCUT2D eigenvalue weighted by Crippen LogP contribution is -2.33. The number of rotatable bonds is 3. The van der Waals surface area contributed by atoms with Crippen LogP contribution in [-0.4, -0.2) is 10.9 Å². The van der Waals surface area contributed by atoms with Crippen LogP contribution >= 0.6 is 11.6 Å². The van der Waals surface area contributed by atoms with Gasteiger partial charge in [0.05, 0.1) is 0 Å². The second-order valence-corrected chi connectivity index (χ2v) is 6.82. The zero-order chi connectivity index (χ0) is 18.3. The van der Waals surface area contributed by atoms with Gasteiger partial charge in [-0.25, -0.2) is 4.98 Å². The van der Waals surface area contributed by atoms with Crippen LogP contribution in [0.5, 0.6) is 0 Å². The first-order valence-corrected chi connectivity index (χ1v) is 8.81. The molecule has 1 aliphatic heterocycles. The maximum absolute atomic E-state index is 13.1. The van der Waals surface area contributed by atoms with Crippen LogP contribution in [0.2, 0.25) is 5.02 Å².